The van der Waals surface area contributed by atoms with Gasteiger partial charge in [0.25, 0.3) is 11.8 Å². The van der Waals surface area contributed by atoms with Gasteiger partial charge in [-0.1, -0.05) is 12.1 Å². The lowest BCUT2D eigenvalue weighted by molar-refractivity contribution is -0.160. The Labute approximate surface area is 123 Å². The van der Waals surface area contributed by atoms with Crippen molar-refractivity contribution in [2.24, 2.45) is 0 Å². The molecular weight excluding hydrogens is 274 g/mol. The summed E-state index contributed by atoms with van der Waals surface area (Å²) in [6.07, 6.45) is -0.853. The van der Waals surface area contributed by atoms with Gasteiger partial charge in [-0.3, -0.25) is 14.5 Å². The van der Waals surface area contributed by atoms with Crippen molar-refractivity contribution in [2.75, 3.05) is 19.8 Å². The zero-order valence-electron chi connectivity index (χ0n) is 12.1. The first-order chi connectivity index (χ1) is 9.97. The number of morpholine rings is 1. The van der Waals surface area contributed by atoms with Gasteiger partial charge in [0, 0.05) is 0 Å². The number of aliphatic hydroxyl groups is 1. The molecule has 1 aliphatic rings. The van der Waals surface area contributed by atoms with Crippen LogP contribution in [0.15, 0.2) is 24.3 Å². The van der Waals surface area contributed by atoms with Crippen molar-refractivity contribution in [3.05, 3.63) is 29.8 Å². The Bertz CT molecular complexity index is 495. The average Bonchev–Trinajstić information content (AvgIpc) is 2.43. The molecule has 1 aromatic rings. The summed E-state index contributed by atoms with van der Waals surface area (Å²) in [4.78, 5) is 24.2. The number of ether oxygens (including phenoxy) is 2. The van der Waals surface area contributed by atoms with E-state index in [1.807, 2.05) is 13.8 Å². The second-order valence-electron chi connectivity index (χ2n) is 5.14. The predicted molar refractivity (Wildman–Crippen MR) is 74.7 cm³/mol. The number of hydrogen-bond donors (Lipinski definition) is 1. The van der Waals surface area contributed by atoms with Gasteiger partial charge in [0.05, 0.1) is 18.8 Å². The summed E-state index contributed by atoms with van der Waals surface area (Å²) in [6.45, 7) is 3.54. The van der Waals surface area contributed by atoms with Gasteiger partial charge in [-0.25, -0.2) is 0 Å². The van der Waals surface area contributed by atoms with E-state index >= 15 is 0 Å². The minimum absolute atomic E-state index is 0.0641. The minimum atomic E-state index is -0.927. The fraction of sp³-hybridized carbons (Fsp3) is 0.467. The van der Waals surface area contributed by atoms with E-state index in [-0.39, 0.29) is 25.9 Å². The molecule has 1 N–H and O–H groups in total. The van der Waals surface area contributed by atoms with E-state index in [9.17, 15) is 14.7 Å². The first kappa shape index (κ1) is 15.5. The monoisotopic (exact) mass is 293 g/mol. The van der Waals surface area contributed by atoms with Gasteiger partial charge >= 0.3 is 0 Å². The van der Waals surface area contributed by atoms with E-state index in [1.54, 1.807) is 24.3 Å². The fourth-order valence-corrected chi connectivity index (χ4v) is 2.04. The molecule has 2 rings (SSSR count). The third-order valence-electron chi connectivity index (χ3n) is 3.05. The number of aliphatic hydroxyl groups excluding tert-OH is 1. The summed E-state index contributed by atoms with van der Waals surface area (Å²) in [5, 5.41) is 10.2. The van der Waals surface area contributed by atoms with Crippen molar-refractivity contribution >= 4 is 11.8 Å². The molecule has 0 aromatic heterocycles. The number of rotatable bonds is 5. The summed E-state index contributed by atoms with van der Waals surface area (Å²) in [7, 11) is 0. The second-order valence-corrected chi connectivity index (χ2v) is 5.14. The summed E-state index contributed by atoms with van der Waals surface area (Å²) < 4.78 is 10.3. The lowest BCUT2D eigenvalue weighted by atomic mass is 10.1. The fourth-order valence-electron chi connectivity index (χ4n) is 2.04. The lowest BCUT2D eigenvalue weighted by Crippen LogP contribution is -2.47. The van der Waals surface area contributed by atoms with Gasteiger partial charge in [0.2, 0.25) is 0 Å². The highest BCUT2D eigenvalue weighted by molar-refractivity contribution is 5.98. The quantitative estimate of drug-likeness (QED) is 0.816. The standard InChI is InChI=1S/C15H19NO5/c1-10(2)21-12-5-3-11(4-6-12)13(17)7-16-14(18)8-20-9-15(16)19/h3-6,10,13,17H,7-9H2,1-2H3. The normalized spacial score (nSPS) is 17.2. The number of imide groups is 1. The molecule has 0 bridgehead atoms. The summed E-state index contributed by atoms with van der Waals surface area (Å²) in [6, 6.07) is 6.94. The molecule has 1 aromatic carbocycles. The number of benzene rings is 1. The lowest BCUT2D eigenvalue weighted by Gasteiger charge is -2.27. The van der Waals surface area contributed by atoms with E-state index in [1.165, 1.54) is 0 Å². The highest BCUT2D eigenvalue weighted by Crippen LogP contribution is 2.20. The molecule has 1 unspecified atom stereocenters. The third-order valence-corrected chi connectivity index (χ3v) is 3.05. The second kappa shape index (κ2) is 6.69. The maximum absolute atomic E-state index is 11.6. The smallest absolute Gasteiger partial charge is 0.255 e. The molecule has 0 aliphatic carbocycles. The first-order valence-electron chi connectivity index (χ1n) is 6.83. The van der Waals surface area contributed by atoms with Gasteiger partial charge in [-0.2, -0.15) is 0 Å². The zero-order chi connectivity index (χ0) is 15.4. The third kappa shape index (κ3) is 4.03. The minimum Gasteiger partial charge on any atom is -0.491 e. The maximum atomic E-state index is 11.6. The van der Waals surface area contributed by atoms with Crippen LogP contribution in [0.5, 0.6) is 5.75 Å². The van der Waals surface area contributed by atoms with Crippen LogP contribution in [0.1, 0.15) is 25.5 Å². The van der Waals surface area contributed by atoms with Gasteiger partial charge in [-0.05, 0) is 31.5 Å². The van der Waals surface area contributed by atoms with E-state index in [2.05, 4.69) is 0 Å². The van der Waals surface area contributed by atoms with Gasteiger partial charge < -0.3 is 14.6 Å². The Morgan fingerprint density at radius 2 is 1.76 bits per heavy atom. The molecular formula is C15H19NO5. The van der Waals surface area contributed by atoms with Crippen LogP contribution in [-0.2, 0) is 14.3 Å². The van der Waals surface area contributed by atoms with Crippen LogP contribution in [0.25, 0.3) is 0 Å². The number of hydrogen-bond acceptors (Lipinski definition) is 5. The van der Waals surface area contributed by atoms with Crippen LogP contribution >= 0.6 is 0 Å². The Morgan fingerprint density at radius 3 is 2.29 bits per heavy atom. The van der Waals surface area contributed by atoms with Crippen LogP contribution in [-0.4, -0.2) is 47.7 Å². The molecule has 0 radical (unpaired) electrons. The van der Waals surface area contributed by atoms with Crippen LogP contribution in [0, 0.1) is 0 Å². The Hall–Kier alpha value is -1.92. The molecule has 1 heterocycles. The number of β-amino-alcohol motifs (C(OH)–C–C–N with tert-alkyl or cyclic N) is 1. The van der Waals surface area contributed by atoms with Crippen molar-refractivity contribution < 1.29 is 24.2 Å². The molecule has 1 fully saturated rings. The van der Waals surface area contributed by atoms with E-state index in [0.717, 1.165) is 4.90 Å². The average molecular weight is 293 g/mol. The van der Waals surface area contributed by atoms with Crippen LogP contribution in [0.2, 0.25) is 0 Å². The van der Waals surface area contributed by atoms with E-state index in [0.29, 0.717) is 11.3 Å². The zero-order valence-corrected chi connectivity index (χ0v) is 12.1. The molecule has 2 amide bonds. The number of nitrogens with zero attached hydrogens (tertiary/aromatic N) is 1. The molecule has 6 nitrogen and oxygen atoms in total. The number of carbonyl (C=O) groups excluding carboxylic acids is 2. The topological polar surface area (TPSA) is 76.1 Å². The summed E-state index contributed by atoms with van der Waals surface area (Å²) in [5.74, 6) is -0.144. The van der Waals surface area contributed by atoms with Crippen LogP contribution in [0.3, 0.4) is 0 Å². The van der Waals surface area contributed by atoms with Crippen molar-refractivity contribution in [3.63, 3.8) is 0 Å². The van der Waals surface area contributed by atoms with Gasteiger partial charge in [-0.15, -0.1) is 0 Å². The molecule has 1 atom stereocenters. The van der Waals surface area contributed by atoms with Crippen molar-refractivity contribution in [3.8, 4) is 5.75 Å². The Kier molecular flexibility index (Phi) is 4.93. The molecule has 0 spiro atoms. The Balaban J connectivity index is 2.00. The van der Waals surface area contributed by atoms with Crippen molar-refractivity contribution in [1.82, 2.24) is 4.90 Å². The molecule has 21 heavy (non-hydrogen) atoms. The van der Waals surface area contributed by atoms with E-state index in [4.69, 9.17) is 9.47 Å². The summed E-state index contributed by atoms with van der Waals surface area (Å²) in [5.41, 5.74) is 0.623. The largest absolute Gasteiger partial charge is 0.491 e. The van der Waals surface area contributed by atoms with Crippen LogP contribution in [0.4, 0.5) is 0 Å². The molecule has 6 heteroatoms. The Morgan fingerprint density at radius 1 is 1.19 bits per heavy atom. The number of carbonyl (C=O) groups is 2. The molecule has 1 aliphatic heterocycles. The molecule has 114 valence electrons. The highest BCUT2D eigenvalue weighted by Gasteiger charge is 2.28. The van der Waals surface area contributed by atoms with Crippen molar-refractivity contribution in [1.29, 1.82) is 0 Å². The number of amides is 2. The van der Waals surface area contributed by atoms with Crippen LogP contribution < -0.4 is 4.74 Å². The predicted octanol–water partition coefficient (Wildman–Crippen LogP) is 0.893. The van der Waals surface area contributed by atoms with Gasteiger partial charge in [0.15, 0.2) is 0 Å². The maximum Gasteiger partial charge on any atom is 0.255 e. The van der Waals surface area contributed by atoms with E-state index < -0.39 is 17.9 Å². The summed E-state index contributed by atoms with van der Waals surface area (Å²) >= 11 is 0. The highest BCUT2D eigenvalue weighted by atomic mass is 16.5. The van der Waals surface area contributed by atoms with Gasteiger partial charge in [0.1, 0.15) is 19.0 Å². The molecule has 0 saturated carbocycles. The SMILES string of the molecule is CC(C)Oc1ccc(C(O)CN2C(=O)COCC2=O)cc1. The first-order valence-corrected chi connectivity index (χ1v) is 6.83. The molecule has 1 saturated heterocycles. The van der Waals surface area contributed by atoms with Crippen molar-refractivity contribution in [2.45, 2.75) is 26.1 Å².